The van der Waals surface area contributed by atoms with Crippen LogP contribution in [-0.4, -0.2) is 67.0 Å². The van der Waals surface area contributed by atoms with Crippen LogP contribution in [0.2, 0.25) is 0 Å². The second kappa shape index (κ2) is 8.79. The number of piperazine rings is 1. The van der Waals surface area contributed by atoms with E-state index >= 15 is 0 Å². The molecule has 1 atom stereocenters. The van der Waals surface area contributed by atoms with E-state index in [2.05, 4.69) is 10.2 Å². The quantitative estimate of drug-likeness (QED) is 0.857. The molecule has 26 heavy (non-hydrogen) atoms. The molecule has 0 spiro atoms. The van der Waals surface area contributed by atoms with Crippen molar-refractivity contribution in [2.24, 2.45) is 0 Å². The third kappa shape index (κ3) is 4.81. The number of carbonyl (C=O) groups excluding carboxylic acids is 2. The van der Waals surface area contributed by atoms with Gasteiger partial charge in [0, 0.05) is 51.4 Å². The first kappa shape index (κ1) is 18.4. The molecule has 2 aliphatic rings. The van der Waals surface area contributed by atoms with Crippen molar-refractivity contribution in [2.45, 2.75) is 25.4 Å². The van der Waals surface area contributed by atoms with E-state index in [1.807, 2.05) is 11.0 Å². The number of rotatable bonds is 5. The molecule has 2 aliphatic heterocycles. The third-order valence-corrected chi connectivity index (χ3v) is 4.84. The molecule has 7 heteroatoms. The average Bonchev–Trinajstić information content (AvgIpc) is 3.21. The molecule has 7 nitrogen and oxygen atoms in total. The molecule has 0 saturated carbocycles. The maximum Gasteiger partial charge on any atom is 0.251 e. The summed E-state index contributed by atoms with van der Waals surface area (Å²) in [7, 11) is 0. The Bertz CT molecular complexity index is 669. The molecular weight excluding hydrogens is 332 g/mol. The largest absolute Gasteiger partial charge is 0.368 e. The predicted octanol–water partition coefficient (Wildman–Crippen LogP) is 1.21. The first-order valence-electron chi connectivity index (χ1n) is 9.08. The molecule has 1 aromatic carbocycles. The highest BCUT2D eigenvalue weighted by Crippen LogP contribution is 2.16. The van der Waals surface area contributed by atoms with Crippen LogP contribution >= 0.6 is 0 Å². The van der Waals surface area contributed by atoms with Crippen LogP contribution in [0.25, 0.3) is 0 Å². The van der Waals surface area contributed by atoms with Crippen molar-refractivity contribution in [3.63, 3.8) is 0 Å². The first-order chi connectivity index (χ1) is 12.7. The van der Waals surface area contributed by atoms with E-state index in [4.69, 9.17) is 10.00 Å². The number of nitriles is 1. The number of nitrogens with zero attached hydrogens (tertiary/aromatic N) is 3. The Labute approximate surface area is 153 Å². The Morgan fingerprint density at radius 2 is 1.92 bits per heavy atom. The molecule has 3 rings (SSSR count). The third-order valence-electron chi connectivity index (χ3n) is 4.84. The monoisotopic (exact) mass is 356 g/mol. The molecule has 2 fully saturated rings. The molecule has 0 unspecified atom stereocenters. The second-order valence-electron chi connectivity index (χ2n) is 6.66. The highest BCUT2D eigenvalue weighted by molar-refractivity contribution is 5.90. The van der Waals surface area contributed by atoms with Crippen molar-refractivity contribution in [3.8, 4) is 6.07 Å². The summed E-state index contributed by atoms with van der Waals surface area (Å²) < 4.78 is 5.47. The minimum Gasteiger partial charge on any atom is -0.368 e. The maximum atomic E-state index is 12.3. The van der Waals surface area contributed by atoms with Gasteiger partial charge in [-0.1, -0.05) is 0 Å². The van der Waals surface area contributed by atoms with Gasteiger partial charge in [-0.05, 0) is 37.1 Å². The molecule has 0 radical (unpaired) electrons. The lowest BCUT2D eigenvalue weighted by Crippen LogP contribution is -2.51. The zero-order valence-corrected chi connectivity index (χ0v) is 14.8. The Morgan fingerprint density at radius 3 is 2.54 bits per heavy atom. The van der Waals surface area contributed by atoms with Gasteiger partial charge in [-0.2, -0.15) is 5.26 Å². The summed E-state index contributed by atoms with van der Waals surface area (Å²) in [6.45, 7) is 4.30. The van der Waals surface area contributed by atoms with Gasteiger partial charge < -0.3 is 15.0 Å². The van der Waals surface area contributed by atoms with Gasteiger partial charge in [-0.25, -0.2) is 0 Å². The van der Waals surface area contributed by atoms with E-state index in [0.29, 0.717) is 43.9 Å². The van der Waals surface area contributed by atoms with Crippen molar-refractivity contribution in [2.75, 3.05) is 44.6 Å². The topological polar surface area (TPSA) is 85.7 Å². The van der Waals surface area contributed by atoms with Crippen molar-refractivity contribution in [3.05, 3.63) is 29.8 Å². The zero-order valence-electron chi connectivity index (χ0n) is 14.8. The van der Waals surface area contributed by atoms with E-state index in [0.717, 1.165) is 25.9 Å². The van der Waals surface area contributed by atoms with Gasteiger partial charge in [0.15, 0.2) is 0 Å². The van der Waals surface area contributed by atoms with Crippen LogP contribution in [0.1, 0.15) is 24.8 Å². The second-order valence-corrected chi connectivity index (χ2v) is 6.66. The normalized spacial score (nSPS) is 20.6. The molecule has 2 heterocycles. The Morgan fingerprint density at radius 1 is 1.19 bits per heavy atom. The maximum absolute atomic E-state index is 12.3. The van der Waals surface area contributed by atoms with E-state index in [-0.39, 0.29) is 17.9 Å². The van der Waals surface area contributed by atoms with Crippen LogP contribution in [0, 0.1) is 11.3 Å². The summed E-state index contributed by atoms with van der Waals surface area (Å²) in [4.78, 5) is 28.5. The van der Waals surface area contributed by atoms with Crippen LogP contribution in [0.5, 0.6) is 0 Å². The number of benzene rings is 1. The number of carbonyl (C=O) groups is 2. The van der Waals surface area contributed by atoms with Gasteiger partial charge in [0.05, 0.1) is 11.6 Å². The number of nitrogens with one attached hydrogen (secondary N) is 1. The fourth-order valence-corrected chi connectivity index (χ4v) is 3.28. The summed E-state index contributed by atoms with van der Waals surface area (Å²) in [6.07, 6.45) is 1.94. The molecule has 2 saturated heterocycles. The summed E-state index contributed by atoms with van der Waals surface area (Å²) in [5.41, 5.74) is 1.26. The van der Waals surface area contributed by atoms with E-state index in [1.165, 1.54) is 0 Å². The Kier molecular flexibility index (Phi) is 6.21. The summed E-state index contributed by atoms with van der Waals surface area (Å²) in [5, 5.41) is 11.6. The lowest BCUT2D eigenvalue weighted by Gasteiger charge is -2.35. The van der Waals surface area contributed by atoms with E-state index in [9.17, 15) is 9.59 Å². The van der Waals surface area contributed by atoms with Crippen LogP contribution < -0.4 is 5.32 Å². The highest BCUT2D eigenvalue weighted by atomic mass is 16.5. The average molecular weight is 356 g/mol. The van der Waals surface area contributed by atoms with Crippen LogP contribution in [-0.2, 0) is 14.3 Å². The predicted molar refractivity (Wildman–Crippen MR) is 96.4 cm³/mol. The van der Waals surface area contributed by atoms with Crippen LogP contribution in [0.4, 0.5) is 5.69 Å². The Balaban J connectivity index is 1.37. The van der Waals surface area contributed by atoms with Crippen molar-refractivity contribution >= 4 is 17.5 Å². The van der Waals surface area contributed by atoms with Crippen LogP contribution in [0.3, 0.4) is 0 Å². The van der Waals surface area contributed by atoms with Gasteiger partial charge in [0.25, 0.3) is 5.91 Å². The molecule has 0 bridgehead atoms. The molecule has 2 amide bonds. The Hall–Kier alpha value is -2.43. The van der Waals surface area contributed by atoms with Crippen molar-refractivity contribution in [1.29, 1.82) is 5.26 Å². The van der Waals surface area contributed by atoms with Gasteiger partial charge in [-0.3, -0.25) is 14.5 Å². The van der Waals surface area contributed by atoms with E-state index in [1.54, 1.807) is 24.3 Å². The lowest BCUT2D eigenvalue weighted by molar-refractivity contribution is -0.142. The minimum atomic E-state index is -0.250. The van der Waals surface area contributed by atoms with Gasteiger partial charge in [-0.15, -0.1) is 0 Å². The molecule has 1 aromatic rings. The number of ether oxygens (including phenoxy) is 1. The number of amides is 2. The number of hydrogen-bond donors (Lipinski definition) is 1. The highest BCUT2D eigenvalue weighted by Gasteiger charge is 2.30. The SMILES string of the molecule is N#Cc1ccc(NC(=O)CCN2CCN(C(=O)[C@H]3CCCO3)CC2)cc1. The van der Waals surface area contributed by atoms with Gasteiger partial charge in [0.2, 0.25) is 5.91 Å². The fraction of sp³-hybridized carbons (Fsp3) is 0.526. The van der Waals surface area contributed by atoms with E-state index < -0.39 is 0 Å². The van der Waals surface area contributed by atoms with Gasteiger partial charge in [0.1, 0.15) is 6.10 Å². The van der Waals surface area contributed by atoms with Crippen molar-refractivity contribution in [1.82, 2.24) is 9.80 Å². The molecule has 138 valence electrons. The standard InChI is InChI=1S/C19H24N4O3/c20-14-15-3-5-16(6-4-15)21-18(24)7-8-22-9-11-23(12-10-22)19(25)17-2-1-13-26-17/h3-6,17H,1-2,7-13H2,(H,21,24)/t17-/m1/s1. The first-order valence-corrected chi connectivity index (χ1v) is 9.08. The zero-order chi connectivity index (χ0) is 18.4. The molecular formula is C19H24N4O3. The fourth-order valence-electron chi connectivity index (χ4n) is 3.28. The number of anilines is 1. The molecule has 0 aliphatic carbocycles. The summed E-state index contributed by atoms with van der Waals surface area (Å²) >= 11 is 0. The smallest absolute Gasteiger partial charge is 0.251 e. The number of hydrogen-bond acceptors (Lipinski definition) is 5. The summed E-state index contributed by atoms with van der Waals surface area (Å²) in [5.74, 6) is 0.0632. The lowest BCUT2D eigenvalue weighted by atomic mass is 10.2. The molecule has 0 aromatic heterocycles. The minimum absolute atomic E-state index is 0.0485. The van der Waals surface area contributed by atoms with Crippen LogP contribution in [0.15, 0.2) is 24.3 Å². The van der Waals surface area contributed by atoms with Crippen molar-refractivity contribution < 1.29 is 14.3 Å². The van der Waals surface area contributed by atoms with Gasteiger partial charge >= 0.3 is 0 Å². The summed E-state index contributed by atoms with van der Waals surface area (Å²) in [6, 6.07) is 8.87. The molecule has 1 N–H and O–H groups in total.